The quantitative estimate of drug-likeness (QED) is 0.896. The van der Waals surface area contributed by atoms with Gasteiger partial charge in [-0.05, 0) is 24.1 Å². The maximum absolute atomic E-state index is 9.35. The SMILES string of the molecule is Oc1ccc(CCN2CCOCCOCCOCCOCC2)cc1. The van der Waals surface area contributed by atoms with Crippen molar-refractivity contribution in [2.75, 3.05) is 72.5 Å². The van der Waals surface area contributed by atoms with Gasteiger partial charge in [0.05, 0.1) is 52.9 Å². The molecule has 1 fully saturated rings. The summed E-state index contributed by atoms with van der Waals surface area (Å²) in [6.07, 6.45) is 0.937. The average molecular weight is 339 g/mol. The molecule has 1 aliphatic heterocycles. The van der Waals surface area contributed by atoms with Gasteiger partial charge >= 0.3 is 0 Å². The zero-order valence-corrected chi connectivity index (χ0v) is 14.3. The van der Waals surface area contributed by atoms with Gasteiger partial charge in [-0.2, -0.15) is 0 Å². The van der Waals surface area contributed by atoms with Crippen LogP contribution in [-0.4, -0.2) is 82.5 Å². The number of hydrogen-bond acceptors (Lipinski definition) is 6. The van der Waals surface area contributed by atoms with Crippen molar-refractivity contribution in [3.8, 4) is 5.75 Å². The zero-order valence-electron chi connectivity index (χ0n) is 14.3. The highest BCUT2D eigenvalue weighted by Gasteiger charge is 2.06. The molecular weight excluding hydrogens is 310 g/mol. The van der Waals surface area contributed by atoms with E-state index in [9.17, 15) is 5.11 Å². The number of aromatic hydroxyl groups is 1. The fourth-order valence-electron chi connectivity index (χ4n) is 2.43. The Balaban J connectivity index is 1.74. The van der Waals surface area contributed by atoms with E-state index in [0.717, 1.165) is 26.1 Å². The lowest BCUT2D eigenvalue weighted by Gasteiger charge is -2.22. The van der Waals surface area contributed by atoms with Crippen molar-refractivity contribution in [1.82, 2.24) is 4.90 Å². The van der Waals surface area contributed by atoms with Crippen molar-refractivity contribution in [2.24, 2.45) is 0 Å². The lowest BCUT2D eigenvalue weighted by Crippen LogP contribution is -2.33. The molecule has 1 heterocycles. The van der Waals surface area contributed by atoms with Crippen LogP contribution >= 0.6 is 0 Å². The zero-order chi connectivity index (χ0) is 16.9. The molecule has 136 valence electrons. The first-order valence-electron chi connectivity index (χ1n) is 8.66. The number of hydrogen-bond donors (Lipinski definition) is 1. The van der Waals surface area contributed by atoms with Crippen molar-refractivity contribution >= 4 is 0 Å². The van der Waals surface area contributed by atoms with Gasteiger partial charge in [0.15, 0.2) is 0 Å². The molecule has 1 N–H and O–H groups in total. The summed E-state index contributed by atoms with van der Waals surface area (Å²) in [6.45, 7) is 7.70. The maximum Gasteiger partial charge on any atom is 0.115 e. The summed E-state index contributed by atoms with van der Waals surface area (Å²) in [6, 6.07) is 7.39. The van der Waals surface area contributed by atoms with Crippen LogP contribution in [0, 0.1) is 0 Å². The largest absolute Gasteiger partial charge is 0.508 e. The molecule has 2 rings (SSSR count). The molecule has 1 saturated heterocycles. The van der Waals surface area contributed by atoms with E-state index in [2.05, 4.69) is 4.90 Å². The number of benzene rings is 1. The lowest BCUT2D eigenvalue weighted by molar-refractivity contribution is 0.00206. The molecule has 0 spiro atoms. The summed E-state index contributed by atoms with van der Waals surface area (Å²) in [5, 5.41) is 9.35. The Kier molecular flexibility index (Phi) is 9.75. The Morgan fingerprint density at radius 1 is 0.708 bits per heavy atom. The minimum Gasteiger partial charge on any atom is -0.508 e. The molecule has 6 nitrogen and oxygen atoms in total. The van der Waals surface area contributed by atoms with Gasteiger partial charge in [0, 0.05) is 19.6 Å². The van der Waals surface area contributed by atoms with Gasteiger partial charge in [-0.25, -0.2) is 0 Å². The number of nitrogens with zero attached hydrogens (tertiary/aromatic N) is 1. The number of phenols is 1. The van der Waals surface area contributed by atoms with Gasteiger partial charge in [0.2, 0.25) is 0 Å². The van der Waals surface area contributed by atoms with E-state index in [1.165, 1.54) is 5.56 Å². The highest BCUT2D eigenvalue weighted by atomic mass is 16.6. The summed E-state index contributed by atoms with van der Waals surface area (Å²) in [5.41, 5.74) is 1.22. The highest BCUT2D eigenvalue weighted by molar-refractivity contribution is 5.25. The van der Waals surface area contributed by atoms with E-state index < -0.39 is 0 Å². The van der Waals surface area contributed by atoms with E-state index in [1.54, 1.807) is 12.1 Å². The fraction of sp³-hybridized carbons (Fsp3) is 0.667. The van der Waals surface area contributed by atoms with Crippen LogP contribution in [0.4, 0.5) is 0 Å². The number of phenolic OH excluding ortho intramolecular Hbond substituents is 1. The van der Waals surface area contributed by atoms with Crippen molar-refractivity contribution in [3.05, 3.63) is 29.8 Å². The molecule has 1 aromatic rings. The van der Waals surface area contributed by atoms with Crippen LogP contribution in [0.3, 0.4) is 0 Å². The molecule has 0 unspecified atom stereocenters. The topological polar surface area (TPSA) is 60.4 Å². The minimum absolute atomic E-state index is 0.305. The predicted octanol–water partition coefficient (Wildman–Crippen LogP) is 1.32. The van der Waals surface area contributed by atoms with Gasteiger partial charge in [0.1, 0.15) is 5.75 Å². The molecule has 6 heteroatoms. The predicted molar refractivity (Wildman–Crippen MR) is 91.5 cm³/mol. The molecular formula is C18H29NO5. The summed E-state index contributed by atoms with van der Waals surface area (Å²) >= 11 is 0. The first kappa shape index (κ1) is 19.1. The summed E-state index contributed by atoms with van der Waals surface area (Å²) in [4.78, 5) is 2.34. The standard InChI is InChI=1S/C18H29NO5/c20-18-3-1-17(2-4-18)5-6-19-7-9-21-11-13-23-15-16-24-14-12-22-10-8-19/h1-4,20H,5-16H2. The Hall–Kier alpha value is -1.18. The molecule has 24 heavy (non-hydrogen) atoms. The number of rotatable bonds is 3. The van der Waals surface area contributed by atoms with Crippen LogP contribution in [0.5, 0.6) is 5.75 Å². The second kappa shape index (κ2) is 12.2. The fourth-order valence-corrected chi connectivity index (χ4v) is 2.43. The molecule has 0 bridgehead atoms. The van der Waals surface area contributed by atoms with E-state index in [0.29, 0.717) is 58.6 Å². The van der Waals surface area contributed by atoms with Crippen molar-refractivity contribution in [3.63, 3.8) is 0 Å². The van der Waals surface area contributed by atoms with E-state index >= 15 is 0 Å². The Bertz CT molecular complexity index is 410. The van der Waals surface area contributed by atoms with Crippen molar-refractivity contribution in [2.45, 2.75) is 6.42 Å². The monoisotopic (exact) mass is 339 g/mol. The highest BCUT2D eigenvalue weighted by Crippen LogP contribution is 2.10. The average Bonchev–Trinajstić information content (AvgIpc) is 2.61. The smallest absolute Gasteiger partial charge is 0.115 e. The Labute approximate surface area is 144 Å². The van der Waals surface area contributed by atoms with Crippen LogP contribution in [-0.2, 0) is 25.4 Å². The van der Waals surface area contributed by atoms with Gasteiger partial charge in [-0.15, -0.1) is 0 Å². The molecule has 0 saturated carbocycles. The molecule has 0 radical (unpaired) electrons. The molecule has 1 aromatic carbocycles. The van der Waals surface area contributed by atoms with Gasteiger partial charge < -0.3 is 24.1 Å². The molecule has 0 aromatic heterocycles. The van der Waals surface area contributed by atoms with Crippen LogP contribution in [0.25, 0.3) is 0 Å². The third-order valence-electron chi connectivity index (χ3n) is 3.87. The van der Waals surface area contributed by atoms with Gasteiger partial charge in [-0.3, -0.25) is 4.90 Å². The first-order chi connectivity index (χ1) is 11.8. The van der Waals surface area contributed by atoms with E-state index in [1.807, 2.05) is 12.1 Å². The summed E-state index contributed by atoms with van der Waals surface area (Å²) in [5.74, 6) is 0.305. The Morgan fingerprint density at radius 3 is 1.67 bits per heavy atom. The maximum atomic E-state index is 9.35. The molecule has 0 amide bonds. The first-order valence-corrected chi connectivity index (χ1v) is 8.66. The second-order valence-electron chi connectivity index (χ2n) is 5.71. The third kappa shape index (κ3) is 8.61. The summed E-state index contributed by atoms with van der Waals surface area (Å²) < 4.78 is 22.1. The molecule has 0 atom stereocenters. The normalized spacial score (nSPS) is 20.2. The van der Waals surface area contributed by atoms with Crippen molar-refractivity contribution < 1.29 is 24.1 Å². The van der Waals surface area contributed by atoms with Crippen LogP contribution in [0.2, 0.25) is 0 Å². The van der Waals surface area contributed by atoms with Crippen LogP contribution in [0.15, 0.2) is 24.3 Å². The second-order valence-corrected chi connectivity index (χ2v) is 5.71. The molecule has 1 aliphatic rings. The third-order valence-corrected chi connectivity index (χ3v) is 3.87. The van der Waals surface area contributed by atoms with Crippen LogP contribution in [0.1, 0.15) is 5.56 Å². The van der Waals surface area contributed by atoms with E-state index in [4.69, 9.17) is 18.9 Å². The minimum atomic E-state index is 0.305. The number of ether oxygens (including phenoxy) is 4. The van der Waals surface area contributed by atoms with E-state index in [-0.39, 0.29) is 0 Å². The van der Waals surface area contributed by atoms with Gasteiger partial charge in [0.25, 0.3) is 0 Å². The van der Waals surface area contributed by atoms with Crippen LogP contribution < -0.4 is 0 Å². The molecule has 0 aliphatic carbocycles. The Morgan fingerprint density at radius 2 is 1.17 bits per heavy atom. The van der Waals surface area contributed by atoms with Gasteiger partial charge in [-0.1, -0.05) is 12.1 Å². The lowest BCUT2D eigenvalue weighted by atomic mass is 10.1. The van der Waals surface area contributed by atoms with Crippen molar-refractivity contribution in [1.29, 1.82) is 0 Å². The summed E-state index contributed by atoms with van der Waals surface area (Å²) in [7, 11) is 0.